The Morgan fingerprint density at radius 2 is 1.83 bits per heavy atom. The fourth-order valence-electron chi connectivity index (χ4n) is 3.87. The van der Waals surface area contributed by atoms with Crippen molar-refractivity contribution in [3.8, 4) is 0 Å². The molecule has 2 aliphatic rings. The van der Waals surface area contributed by atoms with E-state index < -0.39 is 17.9 Å². The number of rotatable bonds is 3. The summed E-state index contributed by atoms with van der Waals surface area (Å²) in [5, 5.41) is 12.1. The minimum atomic E-state index is -0.529. The van der Waals surface area contributed by atoms with Crippen molar-refractivity contribution in [1.29, 1.82) is 0 Å². The smallest absolute Gasteiger partial charge is 0.248 e. The third kappa shape index (κ3) is 3.60. The largest absolute Gasteiger partial charge is 0.341 e. The molecule has 2 unspecified atom stereocenters. The number of hydrogen-bond acceptors (Lipinski definition) is 4. The molecule has 2 aliphatic heterocycles. The summed E-state index contributed by atoms with van der Waals surface area (Å²) in [5.74, 6) is -0.497. The Morgan fingerprint density at radius 3 is 2.50 bits per heavy atom. The lowest BCUT2D eigenvalue weighted by molar-refractivity contribution is -0.144. The van der Waals surface area contributed by atoms with Crippen molar-refractivity contribution >= 4 is 11.8 Å². The first-order valence-electron chi connectivity index (χ1n) is 8.71. The van der Waals surface area contributed by atoms with E-state index >= 15 is 0 Å². The van der Waals surface area contributed by atoms with Crippen molar-refractivity contribution in [3.05, 3.63) is 35.9 Å². The van der Waals surface area contributed by atoms with Crippen LogP contribution in [0.5, 0.6) is 0 Å². The molecule has 2 heterocycles. The van der Waals surface area contributed by atoms with Gasteiger partial charge >= 0.3 is 0 Å². The van der Waals surface area contributed by atoms with Crippen molar-refractivity contribution in [2.45, 2.75) is 37.6 Å². The molecule has 0 aromatic heterocycles. The number of likely N-dealkylation sites (tertiary alicyclic amines) is 1. The number of piperidine rings is 2. The van der Waals surface area contributed by atoms with Crippen LogP contribution < -0.4 is 10.8 Å². The topological polar surface area (TPSA) is 81.7 Å². The van der Waals surface area contributed by atoms with Crippen LogP contribution in [0.4, 0.5) is 0 Å². The quantitative estimate of drug-likeness (QED) is 0.575. The maximum atomic E-state index is 12.8. The van der Waals surface area contributed by atoms with Crippen LogP contribution in [0, 0.1) is 5.92 Å². The molecule has 1 aromatic carbocycles. The Hall–Kier alpha value is -1.92. The van der Waals surface area contributed by atoms with Gasteiger partial charge in [-0.25, -0.2) is 5.48 Å². The normalized spacial score (nSPS) is 25.3. The van der Waals surface area contributed by atoms with Crippen molar-refractivity contribution in [2.24, 2.45) is 5.92 Å². The molecule has 24 heavy (non-hydrogen) atoms. The second-order valence-corrected chi connectivity index (χ2v) is 6.67. The number of nitrogens with zero attached hydrogens (tertiary/aromatic N) is 1. The molecule has 6 heteroatoms. The van der Waals surface area contributed by atoms with Crippen molar-refractivity contribution in [3.63, 3.8) is 0 Å². The third-order valence-corrected chi connectivity index (χ3v) is 5.25. The Balaban J connectivity index is 1.61. The lowest BCUT2D eigenvalue weighted by Gasteiger charge is -2.38. The van der Waals surface area contributed by atoms with E-state index in [1.54, 1.807) is 5.48 Å². The highest BCUT2D eigenvalue weighted by Gasteiger charge is 2.38. The van der Waals surface area contributed by atoms with E-state index in [1.807, 2.05) is 11.0 Å². The summed E-state index contributed by atoms with van der Waals surface area (Å²) in [6.07, 6.45) is 3.34. The van der Waals surface area contributed by atoms with Gasteiger partial charge in [0.25, 0.3) is 0 Å². The number of benzene rings is 1. The minimum Gasteiger partial charge on any atom is -0.341 e. The Bertz CT molecular complexity index is 570. The van der Waals surface area contributed by atoms with Crippen LogP contribution in [0.15, 0.2) is 30.3 Å². The Kier molecular flexibility index (Phi) is 5.48. The van der Waals surface area contributed by atoms with Crippen LogP contribution in [0.2, 0.25) is 0 Å². The maximum Gasteiger partial charge on any atom is 0.248 e. The molecular weight excluding hydrogens is 306 g/mol. The molecule has 0 radical (unpaired) electrons. The summed E-state index contributed by atoms with van der Waals surface area (Å²) >= 11 is 0. The van der Waals surface area contributed by atoms with E-state index in [2.05, 4.69) is 29.6 Å². The van der Waals surface area contributed by atoms with Gasteiger partial charge in [0, 0.05) is 13.1 Å². The van der Waals surface area contributed by atoms with E-state index in [-0.39, 0.29) is 5.91 Å². The molecular formula is C18H25N3O3. The SMILES string of the molecule is O=C(NO)C1CCCNC1C(=O)N1CCC(c2ccccc2)CC1. The van der Waals surface area contributed by atoms with Crippen LogP contribution in [-0.2, 0) is 9.59 Å². The van der Waals surface area contributed by atoms with Gasteiger partial charge in [-0.3, -0.25) is 14.8 Å². The van der Waals surface area contributed by atoms with Gasteiger partial charge in [-0.2, -0.15) is 0 Å². The van der Waals surface area contributed by atoms with Gasteiger partial charge < -0.3 is 10.2 Å². The number of amides is 2. The first-order chi connectivity index (χ1) is 11.7. The number of nitrogens with one attached hydrogen (secondary N) is 2. The van der Waals surface area contributed by atoms with E-state index in [9.17, 15) is 9.59 Å². The third-order valence-electron chi connectivity index (χ3n) is 5.25. The van der Waals surface area contributed by atoms with Crippen LogP contribution in [0.1, 0.15) is 37.2 Å². The maximum absolute atomic E-state index is 12.8. The summed E-state index contributed by atoms with van der Waals surface area (Å²) in [4.78, 5) is 26.5. The van der Waals surface area contributed by atoms with E-state index in [0.29, 0.717) is 25.4 Å². The van der Waals surface area contributed by atoms with Crippen molar-refractivity contribution in [2.75, 3.05) is 19.6 Å². The van der Waals surface area contributed by atoms with Gasteiger partial charge in [-0.05, 0) is 43.7 Å². The number of carbonyl (C=O) groups is 2. The molecule has 0 bridgehead atoms. The Labute approximate surface area is 142 Å². The second-order valence-electron chi connectivity index (χ2n) is 6.67. The molecule has 3 rings (SSSR count). The minimum absolute atomic E-state index is 0.0187. The molecule has 2 atom stereocenters. The fraction of sp³-hybridized carbons (Fsp3) is 0.556. The van der Waals surface area contributed by atoms with Gasteiger partial charge in [0.15, 0.2) is 0 Å². The van der Waals surface area contributed by atoms with Crippen LogP contribution in [-0.4, -0.2) is 47.6 Å². The lowest BCUT2D eigenvalue weighted by Crippen LogP contribution is -2.57. The summed E-state index contributed by atoms with van der Waals surface area (Å²) in [7, 11) is 0. The van der Waals surface area contributed by atoms with E-state index in [0.717, 1.165) is 25.8 Å². The van der Waals surface area contributed by atoms with Gasteiger partial charge in [0.05, 0.1) is 12.0 Å². The second kappa shape index (κ2) is 7.77. The average Bonchev–Trinajstić information content (AvgIpc) is 2.67. The predicted molar refractivity (Wildman–Crippen MR) is 89.4 cm³/mol. The van der Waals surface area contributed by atoms with Gasteiger partial charge in [-0.15, -0.1) is 0 Å². The highest BCUT2D eigenvalue weighted by molar-refractivity contribution is 5.90. The van der Waals surface area contributed by atoms with Gasteiger partial charge in [0.2, 0.25) is 11.8 Å². The van der Waals surface area contributed by atoms with Crippen LogP contribution >= 0.6 is 0 Å². The highest BCUT2D eigenvalue weighted by atomic mass is 16.5. The first kappa shape index (κ1) is 16.9. The first-order valence-corrected chi connectivity index (χ1v) is 8.71. The molecule has 2 saturated heterocycles. The molecule has 3 N–H and O–H groups in total. The molecule has 0 spiro atoms. The molecule has 2 fully saturated rings. The molecule has 2 amide bonds. The van der Waals surface area contributed by atoms with Crippen molar-refractivity contribution < 1.29 is 14.8 Å². The molecule has 130 valence electrons. The van der Waals surface area contributed by atoms with E-state index in [4.69, 9.17) is 5.21 Å². The van der Waals surface area contributed by atoms with Crippen molar-refractivity contribution in [1.82, 2.24) is 15.7 Å². The summed E-state index contributed by atoms with van der Waals surface area (Å²) in [5.41, 5.74) is 3.03. The number of hydroxylamine groups is 1. The van der Waals surface area contributed by atoms with Crippen LogP contribution in [0.3, 0.4) is 0 Å². The molecule has 1 aromatic rings. The summed E-state index contributed by atoms with van der Waals surface area (Å²) < 4.78 is 0. The standard InChI is InChI=1S/C18H25N3O3/c22-17(20-24)15-7-4-10-19-16(15)18(23)21-11-8-14(9-12-21)13-5-2-1-3-6-13/h1-3,5-6,14-16,19,24H,4,7-12H2,(H,20,22). The fourth-order valence-corrected chi connectivity index (χ4v) is 3.87. The number of carbonyl (C=O) groups excluding carboxylic acids is 2. The van der Waals surface area contributed by atoms with E-state index in [1.165, 1.54) is 5.56 Å². The Morgan fingerprint density at radius 1 is 1.12 bits per heavy atom. The lowest BCUT2D eigenvalue weighted by atomic mass is 9.86. The average molecular weight is 331 g/mol. The molecule has 0 saturated carbocycles. The summed E-state index contributed by atoms with van der Waals surface area (Å²) in [6.45, 7) is 2.15. The summed E-state index contributed by atoms with van der Waals surface area (Å²) in [6, 6.07) is 9.88. The van der Waals surface area contributed by atoms with Gasteiger partial charge in [0.1, 0.15) is 0 Å². The van der Waals surface area contributed by atoms with Gasteiger partial charge in [-0.1, -0.05) is 30.3 Å². The zero-order valence-electron chi connectivity index (χ0n) is 13.8. The monoisotopic (exact) mass is 331 g/mol. The molecule has 6 nitrogen and oxygen atoms in total. The zero-order valence-corrected chi connectivity index (χ0v) is 13.8. The molecule has 0 aliphatic carbocycles. The van der Waals surface area contributed by atoms with Crippen LogP contribution in [0.25, 0.3) is 0 Å². The zero-order chi connectivity index (χ0) is 16.9. The number of hydrogen-bond donors (Lipinski definition) is 3. The highest BCUT2D eigenvalue weighted by Crippen LogP contribution is 2.29. The predicted octanol–water partition coefficient (Wildman–Crippen LogP) is 1.27.